The number of rotatable bonds is 5. The fourth-order valence-corrected chi connectivity index (χ4v) is 1.53. The maximum absolute atomic E-state index is 2.27. The van der Waals surface area contributed by atoms with Gasteiger partial charge in [-0.15, -0.1) is 0 Å². The smallest absolute Gasteiger partial charge is 0.0319 e. The zero-order chi connectivity index (χ0) is 6.95. The minimum atomic E-state index is 1.06. The minimum Gasteiger partial charge on any atom is -0.0988 e. The molecule has 0 saturated heterocycles. The van der Waals surface area contributed by atoms with Crippen LogP contribution in [0.3, 0.4) is 0 Å². The standard InChI is InChI=1S/C8H17P/c1-3-5-6-8-9-7-4-2/h4,7,9H,3,5-6,8H2,1-2H3. The summed E-state index contributed by atoms with van der Waals surface area (Å²) in [6.07, 6.45) is 7.72. The van der Waals surface area contributed by atoms with Crippen LogP contribution < -0.4 is 0 Å². The van der Waals surface area contributed by atoms with Gasteiger partial charge in [0.25, 0.3) is 0 Å². The molecule has 0 aliphatic heterocycles. The Bertz CT molecular complexity index is 67.0. The monoisotopic (exact) mass is 144 g/mol. The third kappa shape index (κ3) is 8.17. The normalized spacial score (nSPS) is 12.2. The summed E-state index contributed by atoms with van der Waals surface area (Å²) in [5.74, 6) is 2.27. The van der Waals surface area contributed by atoms with Gasteiger partial charge in [-0.05, 0) is 19.5 Å². The Balaban J connectivity index is 2.75. The predicted molar refractivity (Wildman–Crippen MR) is 47.5 cm³/mol. The van der Waals surface area contributed by atoms with Crippen LogP contribution in [0.1, 0.15) is 33.1 Å². The lowest BCUT2D eigenvalue weighted by Crippen LogP contribution is -1.73. The Labute approximate surface area is 60.5 Å². The second-order valence-corrected chi connectivity index (χ2v) is 3.40. The van der Waals surface area contributed by atoms with Crippen molar-refractivity contribution in [3.63, 3.8) is 0 Å². The average Bonchev–Trinajstić information content (AvgIpc) is 1.89. The van der Waals surface area contributed by atoms with E-state index in [-0.39, 0.29) is 0 Å². The van der Waals surface area contributed by atoms with Crippen molar-refractivity contribution in [1.82, 2.24) is 0 Å². The summed E-state index contributed by atoms with van der Waals surface area (Å²) in [6.45, 7) is 4.34. The number of unbranched alkanes of at least 4 members (excludes halogenated alkanes) is 2. The van der Waals surface area contributed by atoms with E-state index in [1.807, 2.05) is 0 Å². The average molecular weight is 144 g/mol. The third-order valence-electron chi connectivity index (χ3n) is 1.21. The van der Waals surface area contributed by atoms with E-state index in [4.69, 9.17) is 0 Å². The molecule has 1 heteroatoms. The van der Waals surface area contributed by atoms with E-state index in [9.17, 15) is 0 Å². The maximum atomic E-state index is 2.27. The van der Waals surface area contributed by atoms with Crippen molar-refractivity contribution >= 4 is 8.58 Å². The van der Waals surface area contributed by atoms with Gasteiger partial charge in [-0.1, -0.05) is 40.2 Å². The van der Waals surface area contributed by atoms with Gasteiger partial charge < -0.3 is 0 Å². The minimum absolute atomic E-state index is 1.06. The van der Waals surface area contributed by atoms with Crippen molar-refractivity contribution < 1.29 is 0 Å². The van der Waals surface area contributed by atoms with Gasteiger partial charge in [-0.2, -0.15) is 0 Å². The summed E-state index contributed by atoms with van der Waals surface area (Å²) in [7, 11) is 1.06. The van der Waals surface area contributed by atoms with Gasteiger partial charge in [-0.3, -0.25) is 0 Å². The first-order valence-electron chi connectivity index (χ1n) is 3.76. The summed E-state index contributed by atoms with van der Waals surface area (Å²) in [4.78, 5) is 0. The molecular weight excluding hydrogens is 127 g/mol. The Kier molecular flexibility index (Phi) is 8.32. The quantitative estimate of drug-likeness (QED) is 0.410. The summed E-state index contributed by atoms with van der Waals surface area (Å²) in [5, 5.41) is 0. The molecule has 0 nitrogen and oxygen atoms in total. The molecular formula is C8H17P. The summed E-state index contributed by atoms with van der Waals surface area (Å²) in [6, 6.07) is 0. The summed E-state index contributed by atoms with van der Waals surface area (Å²) < 4.78 is 0. The molecule has 9 heavy (non-hydrogen) atoms. The Morgan fingerprint density at radius 2 is 2.11 bits per heavy atom. The van der Waals surface area contributed by atoms with Crippen molar-refractivity contribution in [2.75, 3.05) is 6.16 Å². The van der Waals surface area contributed by atoms with Gasteiger partial charge in [0.15, 0.2) is 0 Å². The summed E-state index contributed by atoms with van der Waals surface area (Å²) in [5.41, 5.74) is 0. The molecule has 0 bridgehead atoms. The Hall–Kier alpha value is 0.170. The molecule has 0 aromatic rings. The van der Waals surface area contributed by atoms with Gasteiger partial charge in [0, 0.05) is 0 Å². The van der Waals surface area contributed by atoms with Crippen LogP contribution in [-0.2, 0) is 0 Å². The Morgan fingerprint density at radius 1 is 1.33 bits per heavy atom. The largest absolute Gasteiger partial charge is 0.0988 e. The van der Waals surface area contributed by atoms with E-state index in [2.05, 4.69) is 25.7 Å². The molecule has 0 N–H and O–H groups in total. The molecule has 0 aliphatic carbocycles. The van der Waals surface area contributed by atoms with E-state index in [0.29, 0.717) is 0 Å². The van der Waals surface area contributed by atoms with Gasteiger partial charge in [0.1, 0.15) is 0 Å². The molecule has 0 saturated carbocycles. The molecule has 0 radical (unpaired) electrons. The highest BCUT2D eigenvalue weighted by molar-refractivity contribution is 7.41. The van der Waals surface area contributed by atoms with Crippen LogP contribution in [0, 0.1) is 0 Å². The van der Waals surface area contributed by atoms with E-state index in [1.165, 1.54) is 25.4 Å². The second kappa shape index (κ2) is 8.17. The molecule has 0 rings (SSSR count). The van der Waals surface area contributed by atoms with Gasteiger partial charge in [0.05, 0.1) is 0 Å². The lowest BCUT2D eigenvalue weighted by Gasteiger charge is -1.92. The highest BCUT2D eigenvalue weighted by Crippen LogP contribution is 2.13. The van der Waals surface area contributed by atoms with Crippen LogP contribution in [0.5, 0.6) is 0 Å². The molecule has 0 heterocycles. The lowest BCUT2D eigenvalue weighted by atomic mass is 10.3. The van der Waals surface area contributed by atoms with Crippen LogP contribution >= 0.6 is 8.58 Å². The Morgan fingerprint density at radius 3 is 2.67 bits per heavy atom. The lowest BCUT2D eigenvalue weighted by molar-refractivity contribution is 0.778. The van der Waals surface area contributed by atoms with E-state index >= 15 is 0 Å². The highest BCUT2D eigenvalue weighted by Gasteiger charge is 1.81. The number of allylic oxidation sites excluding steroid dienone is 1. The maximum Gasteiger partial charge on any atom is -0.0319 e. The van der Waals surface area contributed by atoms with Gasteiger partial charge in [0.2, 0.25) is 0 Å². The van der Waals surface area contributed by atoms with Gasteiger partial charge in [-0.25, -0.2) is 0 Å². The third-order valence-corrected chi connectivity index (χ3v) is 2.42. The van der Waals surface area contributed by atoms with Crippen LogP contribution in [0.2, 0.25) is 0 Å². The molecule has 0 amide bonds. The molecule has 1 unspecified atom stereocenters. The van der Waals surface area contributed by atoms with E-state index < -0.39 is 0 Å². The SMILES string of the molecule is CC=CPCCCCC. The first kappa shape index (κ1) is 9.17. The van der Waals surface area contributed by atoms with E-state index in [0.717, 1.165) is 8.58 Å². The van der Waals surface area contributed by atoms with Gasteiger partial charge >= 0.3 is 0 Å². The fraction of sp³-hybridized carbons (Fsp3) is 0.750. The van der Waals surface area contributed by atoms with Crippen LogP contribution in [-0.4, -0.2) is 6.16 Å². The zero-order valence-electron chi connectivity index (χ0n) is 6.48. The van der Waals surface area contributed by atoms with Crippen molar-refractivity contribution in [3.8, 4) is 0 Å². The second-order valence-electron chi connectivity index (χ2n) is 2.16. The van der Waals surface area contributed by atoms with Crippen LogP contribution in [0.15, 0.2) is 11.9 Å². The first-order valence-corrected chi connectivity index (χ1v) is 5.04. The molecule has 0 aromatic heterocycles. The number of hydrogen-bond donors (Lipinski definition) is 0. The fourth-order valence-electron chi connectivity index (χ4n) is 0.678. The topological polar surface area (TPSA) is 0 Å². The van der Waals surface area contributed by atoms with Crippen molar-refractivity contribution in [1.29, 1.82) is 0 Å². The zero-order valence-corrected chi connectivity index (χ0v) is 7.48. The molecule has 0 aliphatic rings. The van der Waals surface area contributed by atoms with Crippen molar-refractivity contribution in [3.05, 3.63) is 11.9 Å². The predicted octanol–water partition coefficient (Wildman–Crippen LogP) is 3.39. The van der Waals surface area contributed by atoms with Crippen LogP contribution in [0.4, 0.5) is 0 Å². The molecule has 0 spiro atoms. The van der Waals surface area contributed by atoms with E-state index in [1.54, 1.807) is 0 Å². The molecule has 1 atom stereocenters. The number of hydrogen-bond acceptors (Lipinski definition) is 0. The van der Waals surface area contributed by atoms with Crippen LogP contribution in [0.25, 0.3) is 0 Å². The summed E-state index contributed by atoms with van der Waals surface area (Å²) >= 11 is 0. The first-order chi connectivity index (χ1) is 4.41. The molecule has 0 aromatic carbocycles. The van der Waals surface area contributed by atoms with Crippen molar-refractivity contribution in [2.45, 2.75) is 33.1 Å². The highest BCUT2D eigenvalue weighted by atomic mass is 31.1. The van der Waals surface area contributed by atoms with Crippen molar-refractivity contribution in [2.24, 2.45) is 0 Å². The molecule has 0 fully saturated rings. The molecule has 54 valence electrons.